The van der Waals surface area contributed by atoms with Crippen LogP contribution in [0.4, 0.5) is 0 Å². The van der Waals surface area contributed by atoms with E-state index in [1.54, 1.807) is 6.92 Å². The number of rotatable bonds is 3. The summed E-state index contributed by atoms with van der Waals surface area (Å²) in [5.41, 5.74) is 0.414. The van der Waals surface area contributed by atoms with Crippen LogP contribution in [0.15, 0.2) is 0 Å². The summed E-state index contributed by atoms with van der Waals surface area (Å²) in [4.78, 5) is 11.3. The summed E-state index contributed by atoms with van der Waals surface area (Å²) in [6.45, 7) is 14.8. The Balaban J connectivity index is 4.48. The van der Waals surface area contributed by atoms with Crippen LogP contribution < -0.4 is 0 Å². The maximum Gasteiger partial charge on any atom is 0.133 e. The first kappa shape index (κ1) is 12.7. The summed E-state index contributed by atoms with van der Waals surface area (Å²) in [7, 11) is 0. The topological polar surface area (TPSA) is 17.1 Å². The highest BCUT2D eigenvalue weighted by molar-refractivity contribution is 5.78. The van der Waals surface area contributed by atoms with E-state index < -0.39 is 0 Å². The number of ketones is 1. The van der Waals surface area contributed by atoms with Gasteiger partial charge in [0, 0.05) is 5.92 Å². The molecule has 0 N–H and O–H groups in total. The Morgan fingerprint density at radius 1 is 1.15 bits per heavy atom. The molecule has 0 saturated heterocycles. The SMILES string of the molecule is CC(=O)C(C)C(C)(C)CC(C)(C)C. The second kappa shape index (κ2) is 3.81. The zero-order chi connectivity index (χ0) is 10.9. The third-order valence-electron chi connectivity index (χ3n) is 2.77. The summed E-state index contributed by atoms with van der Waals surface area (Å²) < 4.78 is 0. The summed E-state index contributed by atoms with van der Waals surface area (Å²) in [6, 6.07) is 0. The van der Waals surface area contributed by atoms with Crippen molar-refractivity contribution in [1.29, 1.82) is 0 Å². The van der Waals surface area contributed by atoms with Gasteiger partial charge in [-0.1, -0.05) is 41.5 Å². The monoisotopic (exact) mass is 184 g/mol. The van der Waals surface area contributed by atoms with Crippen LogP contribution in [0.5, 0.6) is 0 Å². The van der Waals surface area contributed by atoms with E-state index in [-0.39, 0.29) is 11.3 Å². The number of Topliss-reactive ketones (excluding diaryl/α,β-unsaturated/α-hetero) is 1. The Hall–Kier alpha value is -0.330. The molecule has 1 atom stereocenters. The maximum absolute atomic E-state index is 11.3. The molecule has 78 valence electrons. The summed E-state index contributed by atoms with van der Waals surface area (Å²) in [5, 5.41) is 0. The average Bonchev–Trinajstić information content (AvgIpc) is 1.80. The fraction of sp³-hybridized carbons (Fsp3) is 0.917. The van der Waals surface area contributed by atoms with Gasteiger partial charge in [0.25, 0.3) is 0 Å². The molecular weight excluding hydrogens is 160 g/mol. The Kier molecular flexibility index (Phi) is 3.71. The van der Waals surface area contributed by atoms with Gasteiger partial charge >= 0.3 is 0 Å². The van der Waals surface area contributed by atoms with Gasteiger partial charge in [-0.3, -0.25) is 4.79 Å². The normalized spacial score (nSPS) is 15.6. The van der Waals surface area contributed by atoms with Crippen molar-refractivity contribution < 1.29 is 4.79 Å². The van der Waals surface area contributed by atoms with Crippen LogP contribution in [0, 0.1) is 16.7 Å². The first-order valence-electron chi connectivity index (χ1n) is 5.07. The van der Waals surface area contributed by atoms with Gasteiger partial charge in [-0.2, -0.15) is 0 Å². The number of hydrogen-bond acceptors (Lipinski definition) is 1. The molecule has 13 heavy (non-hydrogen) atoms. The molecule has 0 heterocycles. The molecule has 1 nitrogen and oxygen atoms in total. The quantitative estimate of drug-likeness (QED) is 0.654. The standard InChI is InChI=1S/C12H24O/c1-9(10(2)13)12(6,7)8-11(3,4)5/h9H,8H2,1-7H3. The second-order valence-electron chi connectivity index (χ2n) is 6.06. The molecule has 0 spiro atoms. The fourth-order valence-corrected chi connectivity index (χ4v) is 2.07. The van der Waals surface area contributed by atoms with Gasteiger partial charge < -0.3 is 0 Å². The first-order valence-corrected chi connectivity index (χ1v) is 5.07. The fourth-order valence-electron chi connectivity index (χ4n) is 2.07. The smallest absolute Gasteiger partial charge is 0.133 e. The van der Waals surface area contributed by atoms with Crippen LogP contribution in [-0.2, 0) is 4.79 Å². The summed E-state index contributed by atoms with van der Waals surface area (Å²) >= 11 is 0. The van der Waals surface area contributed by atoms with E-state index >= 15 is 0 Å². The minimum Gasteiger partial charge on any atom is -0.300 e. The van der Waals surface area contributed by atoms with Crippen molar-refractivity contribution >= 4 is 5.78 Å². The third kappa shape index (κ3) is 4.44. The van der Waals surface area contributed by atoms with Crippen molar-refractivity contribution in [3.05, 3.63) is 0 Å². The zero-order valence-electron chi connectivity index (χ0n) is 10.2. The van der Waals surface area contributed by atoms with Crippen LogP contribution in [0.2, 0.25) is 0 Å². The van der Waals surface area contributed by atoms with E-state index in [1.807, 2.05) is 6.92 Å². The van der Waals surface area contributed by atoms with E-state index in [0.29, 0.717) is 11.2 Å². The Morgan fingerprint density at radius 2 is 1.54 bits per heavy atom. The van der Waals surface area contributed by atoms with E-state index in [1.165, 1.54) is 0 Å². The van der Waals surface area contributed by atoms with Gasteiger partial charge in [0.1, 0.15) is 5.78 Å². The lowest BCUT2D eigenvalue weighted by atomic mass is 9.68. The highest BCUT2D eigenvalue weighted by Gasteiger charge is 2.32. The molecule has 0 amide bonds. The molecule has 0 aromatic heterocycles. The Labute approximate surface area is 82.9 Å². The Bertz CT molecular complexity index is 184. The van der Waals surface area contributed by atoms with Crippen molar-refractivity contribution in [3.63, 3.8) is 0 Å². The van der Waals surface area contributed by atoms with Gasteiger partial charge in [0.05, 0.1) is 0 Å². The molecule has 1 heteroatoms. The molecule has 0 aromatic carbocycles. The van der Waals surface area contributed by atoms with Crippen molar-refractivity contribution in [2.24, 2.45) is 16.7 Å². The summed E-state index contributed by atoms with van der Waals surface area (Å²) in [5.74, 6) is 0.459. The minimum absolute atomic E-state index is 0.115. The predicted molar refractivity (Wildman–Crippen MR) is 57.7 cm³/mol. The maximum atomic E-state index is 11.3. The number of carbonyl (C=O) groups excluding carboxylic acids is 1. The van der Waals surface area contributed by atoms with Gasteiger partial charge in [-0.25, -0.2) is 0 Å². The lowest BCUT2D eigenvalue weighted by molar-refractivity contribution is -0.124. The van der Waals surface area contributed by atoms with Crippen molar-refractivity contribution in [1.82, 2.24) is 0 Å². The summed E-state index contributed by atoms with van der Waals surface area (Å²) in [6.07, 6.45) is 1.08. The lowest BCUT2D eigenvalue weighted by Crippen LogP contribution is -2.31. The van der Waals surface area contributed by atoms with Crippen molar-refractivity contribution in [3.8, 4) is 0 Å². The Morgan fingerprint density at radius 3 is 1.77 bits per heavy atom. The molecule has 0 aliphatic heterocycles. The predicted octanol–water partition coefficient (Wildman–Crippen LogP) is 3.67. The van der Waals surface area contributed by atoms with Gasteiger partial charge in [-0.05, 0) is 24.2 Å². The number of hydrogen-bond donors (Lipinski definition) is 0. The lowest BCUT2D eigenvalue weighted by Gasteiger charge is -2.36. The molecule has 0 aromatic rings. The molecular formula is C12H24O. The van der Waals surface area contributed by atoms with Crippen LogP contribution >= 0.6 is 0 Å². The van der Waals surface area contributed by atoms with E-state index in [2.05, 4.69) is 34.6 Å². The van der Waals surface area contributed by atoms with Gasteiger partial charge in [0.2, 0.25) is 0 Å². The first-order chi connectivity index (χ1) is 5.56. The molecule has 0 aliphatic carbocycles. The molecule has 0 radical (unpaired) electrons. The highest BCUT2D eigenvalue weighted by Crippen LogP contribution is 2.39. The third-order valence-corrected chi connectivity index (χ3v) is 2.77. The van der Waals surface area contributed by atoms with Crippen LogP contribution in [0.3, 0.4) is 0 Å². The zero-order valence-corrected chi connectivity index (χ0v) is 10.2. The molecule has 0 bridgehead atoms. The van der Waals surface area contributed by atoms with Crippen LogP contribution in [0.1, 0.15) is 54.9 Å². The van der Waals surface area contributed by atoms with Gasteiger partial charge in [-0.15, -0.1) is 0 Å². The van der Waals surface area contributed by atoms with E-state index in [9.17, 15) is 4.79 Å². The highest BCUT2D eigenvalue weighted by atomic mass is 16.1. The van der Waals surface area contributed by atoms with Crippen LogP contribution in [0.25, 0.3) is 0 Å². The van der Waals surface area contributed by atoms with E-state index in [0.717, 1.165) is 6.42 Å². The van der Waals surface area contributed by atoms with Gasteiger partial charge in [0.15, 0.2) is 0 Å². The molecule has 0 saturated carbocycles. The van der Waals surface area contributed by atoms with Crippen LogP contribution in [-0.4, -0.2) is 5.78 Å². The average molecular weight is 184 g/mol. The number of carbonyl (C=O) groups is 1. The second-order valence-corrected chi connectivity index (χ2v) is 6.06. The largest absolute Gasteiger partial charge is 0.300 e. The van der Waals surface area contributed by atoms with Crippen molar-refractivity contribution in [2.75, 3.05) is 0 Å². The molecule has 0 fully saturated rings. The van der Waals surface area contributed by atoms with Crippen molar-refractivity contribution in [2.45, 2.75) is 54.9 Å². The minimum atomic E-state index is 0.115. The molecule has 0 rings (SSSR count). The molecule has 1 unspecified atom stereocenters. The molecule has 0 aliphatic rings. The van der Waals surface area contributed by atoms with E-state index in [4.69, 9.17) is 0 Å².